The number of benzene rings is 4. The highest BCUT2D eigenvalue weighted by Crippen LogP contribution is 2.41. The van der Waals surface area contributed by atoms with Crippen LogP contribution in [0, 0.1) is 22.7 Å². The van der Waals surface area contributed by atoms with Crippen LogP contribution in [-0.2, 0) is 0 Å². The van der Waals surface area contributed by atoms with Gasteiger partial charge in [-0.1, -0.05) is 78.9 Å². The molecule has 4 heteroatoms. The molecular formula is C32H21N3S. The Morgan fingerprint density at radius 2 is 1.22 bits per heavy atom. The van der Waals surface area contributed by atoms with Gasteiger partial charge in [-0.3, -0.25) is 0 Å². The van der Waals surface area contributed by atoms with Crippen LogP contribution in [0.4, 0.5) is 17.1 Å². The number of hydrogen-bond donors (Lipinski definition) is 0. The van der Waals surface area contributed by atoms with Crippen LogP contribution >= 0.6 is 11.3 Å². The normalized spacial score (nSPS) is 10.2. The van der Waals surface area contributed by atoms with Crippen molar-refractivity contribution in [3.05, 3.63) is 132 Å². The van der Waals surface area contributed by atoms with E-state index in [0.29, 0.717) is 0 Å². The fourth-order valence-corrected chi connectivity index (χ4v) is 5.08. The average molecular weight is 480 g/mol. The number of hydrogen-bond acceptors (Lipinski definition) is 4. The molecule has 0 spiro atoms. The van der Waals surface area contributed by atoms with Gasteiger partial charge in [-0.05, 0) is 59.7 Å². The first-order valence-electron chi connectivity index (χ1n) is 11.5. The van der Waals surface area contributed by atoms with Gasteiger partial charge in [0.15, 0.2) is 0 Å². The lowest BCUT2D eigenvalue weighted by Gasteiger charge is -2.28. The van der Waals surface area contributed by atoms with Crippen molar-refractivity contribution in [1.82, 2.24) is 0 Å². The number of thiophene rings is 1. The summed E-state index contributed by atoms with van der Waals surface area (Å²) in [6, 6.07) is 45.6. The molecule has 5 rings (SSSR count). The van der Waals surface area contributed by atoms with E-state index < -0.39 is 0 Å². The maximum atomic E-state index is 9.03. The minimum absolute atomic E-state index is 0.106. The van der Waals surface area contributed by atoms with E-state index in [2.05, 4.69) is 102 Å². The zero-order chi connectivity index (χ0) is 24.7. The predicted octanol–water partition coefficient (Wildman–Crippen LogP) is 8.98. The summed E-state index contributed by atoms with van der Waals surface area (Å²) in [5, 5.41) is 18.1. The Hall–Kier alpha value is -4.90. The molecule has 1 aromatic heterocycles. The third-order valence-electron chi connectivity index (χ3n) is 5.81. The number of rotatable bonds is 6. The van der Waals surface area contributed by atoms with Crippen molar-refractivity contribution >= 4 is 34.5 Å². The van der Waals surface area contributed by atoms with Crippen molar-refractivity contribution in [2.75, 3.05) is 4.90 Å². The molecule has 0 aliphatic carbocycles. The molecule has 0 saturated heterocycles. The zero-order valence-electron chi connectivity index (χ0n) is 19.4. The highest BCUT2D eigenvalue weighted by atomic mass is 32.1. The molecule has 0 atom stereocenters. The third-order valence-corrected chi connectivity index (χ3v) is 6.89. The van der Waals surface area contributed by atoms with E-state index in [4.69, 9.17) is 10.5 Å². The highest BCUT2D eigenvalue weighted by Gasteiger charge is 2.16. The Kier molecular flexibility index (Phi) is 6.72. The van der Waals surface area contributed by atoms with Crippen LogP contribution in [0.5, 0.6) is 0 Å². The standard InChI is InChI=1S/C32H21N3S/c33-22-24(23-34)21-29-19-20-32(36-29)26-15-17-28(18-16-26)35(27-11-5-2-6-12-27)31-14-8-7-13-30(31)25-9-3-1-4-10-25/h1-21H. The van der Waals surface area contributed by atoms with Gasteiger partial charge in [0.2, 0.25) is 0 Å². The lowest BCUT2D eigenvalue weighted by Crippen LogP contribution is -2.11. The molecule has 0 aliphatic rings. The van der Waals surface area contributed by atoms with Gasteiger partial charge in [-0.2, -0.15) is 10.5 Å². The van der Waals surface area contributed by atoms with Gasteiger partial charge in [0, 0.05) is 26.7 Å². The van der Waals surface area contributed by atoms with Crippen molar-refractivity contribution in [2.45, 2.75) is 0 Å². The molecule has 170 valence electrons. The molecule has 0 saturated carbocycles. The minimum atomic E-state index is 0.106. The Morgan fingerprint density at radius 1 is 0.611 bits per heavy atom. The van der Waals surface area contributed by atoms with Crippen molar-refractivity contribution in [3.63, 3.8) is 0 Å². The summed E-state index contributed by atoms with van der Waals surface area (Å²) in [4.78, 5) is 4.25. The summed E-state index contributed by atoms with van der Waals surface area (Å²) < 4.78 is 0. The molecule has 5 aromatic rings. The second-order valence-electron chi connectivity index (χ2n) is 8.08. The molecule has 0 aliphatic heterocycles. The number of allylic oxidation sites excluding steroid dienone is 1. The summed E-state index contributed by atoms with van der Waals surface area (Å²) in [5.74, 6) is 0. The molecule has 0 unspecified atom stereocenters. The molecule has 0 amide bonds. The van der Waals surface area contributed by atoms with E-state index in [1.807, 2.05) is 36.4 Å². The van der Waals surface area contributed by atoms with Crippen LogP contribution in [0.3, 0.4) is 0 Å². The van der Waals surface area contributed by atoms with E-state index in [1.54, 1.807) is 17.4 Å². The van der Waals surface area contributed by atoms with Crippen LogP contribution in [0.25, 0.3) is 27.6 Å². The first-order valence-corrected chi connectivity index (χ1v) is 12.3. The second-order valence-corrected chi connectivity index (χ2v) is 9.20. The molecule has 3 nitrogen and oxygen atoms in total. The number of para-hydroxylation sites is 2. The maximum Gasteiger partial charge on any atom is 0.131 e. The molecule has 1 heterocycles. The summed E-state index contributed by atoms with van der Waals surface area (Å²) in [6.45, 7) is 0. The van der Waals surface area contributed by atoms with Gasteiger partial charge in [-0.25, -0.2) is 0 Å². The molecule has 0 N–H and O–H groups in total. The van der Waals surface area contributed by atoms with E-state index in [1.165, 1.54) is 5.56 Å². The van der Waals surface area contributed by atoms with Crippen LogP contribution < -0.4 is 4.90 Å². The molecular weight excluding hydrogens is 458 g/mol. The third kappa shape index (κ3) is 4.81. The SMILES string of the molecule is N#CC(C#N)=Cc1ccc(-c2ccc(N(c3ccccc3)c3ccccc3-c3ccccc3)cc2)s1. The molecule has 4 aromatic carbocycles. The van der Waals surface area contributed by atoms with E-state index in [9.17, 15) is 0 Å². The summed E-state index contributed by atoms with van der Waals surface area (Å²) in [7, 11) is 0. The van der Waals surface area contributed by atoms with Crippen LogP contribution in [0.15, 0.2) is 127 Å². The fraction of sp³-hybridized carbons (Fsp3) is 0. The summed E-state index contributed by atoms with van der Waals surface area (Å²) >= 11 is 1.56. The van der Waals surface area contributed by atoms with E-state index in [0.717, 1.165) is 37.9 Å². The average Bonchev–Trinajstić information content (AvgIpc) is 3.42. The molecule has 0 fully saturated rings. The Bertz CT molecular complexity index is 1570. The van der Waals surface area contributed by atoms with Gasteiger partial charge in [0.05, 0.1) is 5.69 Å². The van der Waals surface area contributed by atoms with Crippen molar-refractivity contribution < 1.29 is 0 Å². The molecule has 36 heavy (non-hydrogen) atoms. The van der Waals surface area contributed by atoms with Gasteiger partial charge in [0.1, 0.15) is 17.7 Å². The maximum absolute atomic E-state index is 9.03. The summed E-state index contributed by atoms with van der Waals surface area (Å²) in [5.41, 5.74) is 6.76. The predicted molar refractivity (Wildman–Crippen MR) is 149 cm³/mol. The second kappa shape index (κ2) is 10.6. The van der Waals surface area contributed by atoms with Crippen LogP contribution in [0.2, 0.25) is 0 Å². The highest BCUT2D eigenvalue weighted by molar-refractivity contribution is 7.16. The first-order chi connectivity index (χ1) is 17.8. The summed E-state index contributed by atoms with van der Waals surface area (Å²) in [6.07, 6.45) is 1.63. The number of nitriles is 2. The largest absolute Gasteiger partial charge is 0.310 e. The van der Waals surface area contributed by atoms with Crippen LogP contribution in [-0.4, -0.2) is 0 Å². The van der Waals surface area contributed by atoms with Crippen molar-refractivity contribution in [2.24, 2.45) is 0 Å². The Balaban J connectivity index is 1.55. The minimum Gasteiger partial charge on any atom is -0.310 e. The molecule has 0 bridgehead atoms. The topological polar surface area (TPSA) is 50.8 Å². The zero-order valence-corrected chi connectivity index (χ0v) is 20.2. The lowest BCUT2D eigenvalue weighted by molar-refractivity contribution is 1.28. The van der Waals surface area contributed by atoms with Crippen LogP contribution in [0.1, 0.15) is 4.88 Å². The quantitative estimate of drug-likeness (QED) is 0.228. The Labute approximate surface area is 215 Å². The first kappa shape index (κ1) is 22.9. The fourth-order valence-electron chi connectivity index (χ4n) is 4.13. The van der Waals surface area contributed by atoms with E-state index >= 15 is 0 Å². The van der Waals surface area contributed by atoms with Gasteiger partial charge < -0.3 is 4.90 Å². The monoisotopic (exact) mass is 479 g/mol. The Morgan fingerprint density at radius 3 is 1.92 bits per heavy atom. The van der Waals surface area contributed by atoms with Gasteiger partial charge in [-0.15, -0.1) is 11.3 Å². The van der Waals surface area contributed by atoms with Crippen molar-refractivity contribution in [1.29, 1.82) is 10.5 Å². The van der Waals surface area contributed by atoms with Gasteiger partial charge >= 0.3 is 0 Å². The van der Waals surface area contributed by atoms with E-state index in [-0.39, 0.29) is 5.57 Å². The number of anilines is 3. The molecule has 0 radical (unpaired) electrons. The smallest absolute Gasteiger partial charge is 0.131 e. The lowest BCUT2D eigenvalue weighted by atomic mass is 10.0. The van der Waals surface area contributed by atoms with Gasteiger partial charge in [0.25, 0.3) is 0 Å². The number of nitrogens with zero attached hydrogens (tertiary/aromatic N) is 3. The van der Waals surface area contributed by atoms with Crippen molar-refractivity contribution in [3.8, 4) is 33.7 Å².